The summed E-state index contributed by atoms with van der Waals surface area (Å²) in [5.41, 5.74) is 4.49. The van der Waals surface area contributed by atoms with E-state index in [0.29, 0.717) is 24.3 Å². The van der Waals surface area contributed by atoms with Crippen LogP contribution in [0, 0.1) is 18.2 Å². The lowest BCUT2D eigenvalue weighted by molar-refractivity contribution is -0.160. The summed E-state index contributed by atoms with van der Waals surface area (Å²) in [6.07, 6.45) is 5.21. The molecule has 3 aromatic rings. The highest BCUT2D eigenvalue weighted by atomic mass is 19.1. The van der Waals surface area contributed by atoms with Crippen LogP contribution in [-0.2, 0) is 16.0 Å². The Bertz CT molecular complexity index is 1540. The molecule has 2 aliphatic heterocycles. The maximum absolute atomic E-state index is 13.3. The second kappa shape index (κ2) is 15.9. The second-order valence-electron chi connectivity index (χ2n) is 15.4. The molecule has 2 aromatic carbocycles. The molecule has 1 aromatic heterocycles. The van der Waals surface area contributed by atoms with E-state index in [1.165, 1.54) is 31.4 Å². The van der Waals surface area contributed by atoms with E-state index >= 15 is 0 Å². The van der Waals surface area contributed by atoms with Crippen molar-refractivity contribution >= 4 is 17.5 Å². The van der Waals surface area contributed by atoms with Crippen LogP contribution in [0.4, 0.5) is 15.9 Å². The molecule has 2 fully saturated rings. The smallest absolute Gasteiger partial charge is 0.337 e. The quantitative estimate of drug-likeness (QED) is 0.187. The van der Waals surface area contributed by atoms with Crippen molar-refractivity contribution in [1.82, 2.24) is 9.88 Å². The molecule has 8 nitrogen and oxygen atoms in total. The number of halogens is 1. The molecule has 0 saturated carbocycles. The van der Waals surface area contributed by atoms with Crippen molar-refractivity contribution in [2.75, 3.05) is 56.1 Å². The van der Waals surface area contributed by atoms with Gasteiger partial charge in [0.25, 0.3) is 0 Å². The van der Waals surface area contributed by atoms with E-state index in [4.69, 9.17) is 14.5 Å². The van der Waals surface area contributed by atoms with Gasteiger partial charge in [0.15, 0.2) is 6.10 Å². The molecular weight excluding hydrogens is 619 g/mol. The minimum Gasteiger partial charge on any atom is -0.493 e. The molecule has 1 atom stereocenters. The number of likely N-dealkylation sites (tertiary alicyclic amines) is 1. The summed E-state index contributed by atoms with van der Waals surface area (Å²) in [4.78, 5) is 22.9. The first-order valence-corrected chi connectivity index (χ1v) is 17.9. The van der Waals surface area contributed by atoms with E-state index in [2.05, 4.69) is 29.0 Å². The van der Waals surface area contributed by atoms with Crippen LogP contribution in [0.2, 0.25) is 0 Å². The minimum atomic E-state index is -1.19. The number of carboxylic acid groups (broad SMARTS) is 1. The summed E-state index contributed by atoms with van der Waals surface area (Å²) in [6.45, 7) is 18.1. The number of piperidine rings is 2. The van der Waals surface area contributed by atoms with Gasteiger partial charge in [-0.3, -0.25) is 0 Å². The molecule has 2 saturated heterocycles. The summed E-state index contributed by atoms with van der Waals surface area (Å²) in [5.74, 6) is 0.205. The number of anilines is 2. The Morgan fingerprint density at radius 1 is 1.00 bits per heavy atom. The van der Waals surface area contributed by atoms with Crippen molar-refractivity contribution in [3.05, 3.63) is 71.2 Å². The summed E-state index contributed by atoms with van der Waals surface area (Å²) >= 11 is 0. The van der Waals surface area contributed by atoms with Crippen molar-refractivity contribution in [3.8, 4) is 16.9 Å². The van der Waals surface area contributed by atoms with Gasteiger partial charge in [-0.15, -0.1) is 0 Å². The van der Waals surface area contributed by atoms with Crippen molar-refractivity contribution in [1.29, 1.82) is 0 Å². The second-order valence-corrected chi connectivity index (χ2v) is 15.4. The lowest BCUT2D eigenvalue weighted by Crippen LogP contribution is -2.39. The number of hydrogen-bond donors (Lipinski definition) is 2. The van der Waals surface area contributed by atoms with Gasteiger partial charge in [-0.1, -0.05) is 44.5 Å². The van der Waals surface area contributed by atoms with Crippen molar-refractivity contribution in [2.24, 2.45) is 5.41 Å². The predicted octanol–water partition coefficient (Wildman–Crippen LogP) is 8.28. The Hall–Kier alpha value is -3.69. The van der Waals surface area contributed by atoms with Crippen LogP contribution in [0.1, 0.15) is 89.6 Å². The van der Waals surface area contributed by atoms with Gasteiger partial charge < -0.3 is 29.7 Å². The number of aliphatic carboxylic acids is 1. The Balaban J connectivity index is 1.54. The molecule has 9 heteroatoms. The van der Waals surface area contributed by atoms with E-state index in [1.807, 2.05) is 52.0 Å². The van der Waals surface area contributed by atoms with E-state index in [9.17, 15) is 14.3 Å². The Morgan fingerprint density at radius 3 is 2.27 bits per heavy atom. The van der Waals surface area contributed by atoms with Crippen molar-refractivity contribution in [3.63, 3.8) is 0 Å². The van der Waals surface area contributed by atoms with Gasteiger partial charge in [0.1, 0.15) is 17.4 Å². The first-order valence-electron chi connectivity index (χ1n) is 17.9. The molecule has 5 rings (SSSR count). The fraction of sp³-hybridized carbons (Fsp3) is 0.550. The first kappa shape index (κ1) is 36.6. The number of aryl methyl sites for hydroxylation is 1. The molecule has 3 heterocycles. The van der Waals surface area contributed by atoms with Crippen molar-refractivity contribution in [2.45, 2.75) is 91.8 Å². The van der Waals surface area contributed by atoms with Crippen molar-refractivity contribution < 1.29 is 23.8 Å². The standard InChI is InChI=1S/C40H55FN4O4/c1-28-33(36(38(46)47)49-39(2,3)4)35(45-24-19-40(5,6)20-25-45)34(37(43-28)42-21-26-44-22-8-7-9-23-44)30-12-16-32(17-13-30)48-27-18-29-10-14-31(41)15-11-29/h10-17,36H,7-9,18-27H2,1-6H3,(H,42,43)(H,46,47)/t36-/m0/s1. The third kappa shape index (κ3) is 9.94. The first-order chi connectivity index (χ1) is 23.3. The summed E-state index contributed by atoms with van der Waals surface area (Å²) in [7, 11) is 0. The zero-order valence-corrected chi connectivity index (χ0v) is 30.3. The summed E-state index contributed by atoms with van der Waals surface area (Å²) < 4.78 is 25.7. The number of nitrogens with one attached hydrogen (secondary N) is 1. The zero-order chi connectivity index (χ0) is 35.2. The highest BCUT2D eigenvalue weighted by Crippen LogP contribution is 2.46. The molecule has 2 aliphatic rings. The molecule has 2 N–H and O–H groups in total. The van der Waals surface area contributed by atoms with Crippen LogP contribution < -0.4 is 15.0 Å². The Morgan fingerprint density at radius 2 is 1.65 bits per heavy atom. The Kier molecular flexibility index (Phi) is 11.9. The van der Waals surface area contributed by atoms with Gasteiger partial charge in [0.2, 0.25) is 0 Å². The van der Waals surface area contributed by atoms with E-state index in [0.717, 1.165) is 86.1 Å². The molecular formula is C40H55FN4O4. The van der Waals surface area contributed by atoms with E-state index in [-0.39, 0.29) is 11.2 Å². The zero-order valence-electron chi connectivity index (χ0n) is 30.3. The van der Waals surface area contributed by atoms with Crippen LogP contribution in [0.3, 0.4) is 0 Å². The third-order valence-corrected chi connectivity index (χ3v) is 9.67. The molecule has 0 amide bonds. The molecule has 0 unspecified atom stereocenters. The predicted molar refractivity (Wildman–Crippen MR) is 195 cm³/mol. The molecule has 49 heavy (non-hydrogen) atoms. The van der Waals surface area contributed by atoms with Crippen LogP contribution in [-0.4, -0.2) is 72.4 Å². The number of benzene rings is 2. The average molecular weight is 675 g/mol. The van der Waals surface area contributed by atoms with Gasteiger partial charge in [-0.25, -0.2) is 14.2 Å². The topological polar surface area (TPSA) is 87.2 Å². The normalized spacial score (nSPS) is 17.5. The number of hydrogen-bond acceptors (Lipinski definition) is 7. The fourth-order valence-electron chi connectivity index (χ4n) is 6.84. The van der Waals surface area contributed by atoms with Gasteiger partial charge in [-0.2, -0.15) is 0 Å². The van der Waals surface area contributed by atoms with Gasteiger partial charge >= 0.3 is 5.97 Å². The lowest BCUT2D eigenvalue weighted by atomic mass is 9.82. The third-order valence-electron chi connectivity index (χ3n) is 9.67. The SMILES string of the molecule is Cc1nc(NCCN2CCCCC2)c(-c2ccc(OCCc3ccc(F)cc3)cc2)c(N2CCC(C)(C)CC2)c1[C@H](OC(C)(C)C)C(=O)O. The van der Waals surface area contributed by atoms with Crippen LogP contribution in [0.5, 0.6) is 5.75 Å². The van der Waals surface area contributed by atoms with Crippen LogP contribution >= 0.6 is 0 Å². The maximum Gasteiger partial charge on any atom is 0.337 e. The van der Waals surface area contributed by atoms with Crippen LogP contribution in [0.25, 0.3) is 11.1 Å². The van der Waals surface area contributed by atoms with E-state index < -0.39 is 17.7 Å². The highest BCUT2D eigenvalue weighted by molar-refractivity contribution is 5.92. The molecule has 266 valence electrons. The number of carboxylic acids is 1. The van der Waals surface area contributed by atoms with Gasteiger partial charge in [0, 0.05) is 49.4 Å². The molecule has 0 bridgehead atoms. The number of rotatable bonds is 13. The molecule has 0 spiro atoms. The lowest BCUT2D eigenvalue weighted by Gasteiger charge is -2.41. The number of aromatic nitrogens is 1. The fourth-order valence-corrected chi connectivity index (χ4v) is 6.84. The maximum atomic E-state index is 13.3. The number of ether oxygens (including phenoxy) is 2. The number of nitrogens with zero attached hydrogens (tertiary/aromatic N) is 3. The monoisotopic (exact) mass is 674 g/mol. The van der Waals surface area contributed by atoms with Gasteiger partial charge in [0.05, 0.1) is 17.9 Å². The number of pyridine rings is 1. The largest absolute Gasteiger partial charge is 0.493 e. The molecule has 0 radical (unpaired) electrons. The molecule has 0 aliphatic carbocycles. The Labute approximate surface area is 292 Å². The highest BCUT2D eigenvalue weighted by Gasteiger charge is 2.37. The van der Waals surface area contributed by atoms with Crippen LogP contribution in [0.15, 0.2) is 48.5 Å². The summed E-state index contributed by atoms with van der Waals surface area (Å²) in [6, 6.07) is 14.5. The summed E-state index contributed by atoms with van der Waals surface area (Å²) in [5, 5.41) is 14.3. The number of carbonyl (C=O) groups is 1. The average Bonchev–Trinajstić information content (AvgIpc) is 3.05. The van der Waals surface area contributed by atoms with Gasteiger partial charge in [-0.05, 0) is 107 Å². The minimum absolute atomic E-state index is 0.204. The van der Waals surface area contributed by atoms with E-state index in [1.54, 1.807) is 12.1 Å².